The van der Waals surface area contributed by atoms with Crippen LogP contribution in [0.3, 0.4) is 0 Å². The van der Waals surface area contributed by atoms with Gasteiger partial charge in [0.05, 0.1) is 0 Å². The minimum absolute atomic E-state index is 0.355. The normalized spacial score (nSPS) is 10.1. The zero-order chi connectivity index (χ0) is 19.2. The summed E-state index contributed by atoms with van der Waals surface area (Å²) in [5.74, 6) is -0.716. The van der Waals surface area contributed by atoms with Crippen LogP contribution >= 0.6 is 0 Å². The lowest BCUT2D eigenvalue weighted by atomic mass is 10.1. The van der Waals surface area contributed by atoms with Crippen molar-refractivity contribution < 1.29 is 14.3 Å². The van der Waals surface area contributed by atoms with E-state index in [0.717, 1.165) is 45.2 Å². The van der Waals surface area contributed by atoms with Gasteiger partial charge in [-0.05, 0) is 38.8 Å². The molecule has 0 unspecified atom stereocenters. The first-order valence-corrected chi connectivity index (χ1v) is 10.6. The van der Waals surface area contributed by atoms with E-state index in [4.69, 9.17) is 4.74 Å². The van der Waals surface area contributed by atoms with Gasteiger partial charge in [0.2, 0.25) is 0 Å². The second-order valence-electron chi connectivity index (χ2n) is 6.28. The summed E-state index contributed by atoms with van der Waals surface area (Å²) >= 11 is 0. The number of esters is 2. The highest BCUT2D eigenvalue weighted by Crippen LogP contribution is 2.08. The highest BCUT2D eigenvalue weighted by atomic mass is 16.6. The summed E-state index contributed by atoms with van der Waals surface area (Å²) < 4.78 is 4.84. The van der Waals surface area contributed by atoms with Crippen LogP contribution in [0.4, 0.5) is 0 Å². The molecule has 0 spiro atoms. The van der Waals surface area contributed by atoms with Crippen molar-refractivity contribution in [2.24, 2.45) is 0 Å². The van der Waals surface area contributed by atoms with E-state index in [1.807, 2.05) is 13.8 Å². The molecule has 0 saturated carbocycles. The van der Waals surface area contributed by atoms with Gasteiger partial charge in [0.15, 0.2) is 0 Å². The van der Waals surface area contributed by atoms with Crippen molar-refractivity contribution in [2.45, 2.75) is 111 Å². The maximum atomic E-state index is 11.5. The lowest BCUT2D eigenvalue weighted by Gasteiger charge is -2.05. The van der Waals surface area contributed by atoms with E-state index < -0.39 is 0 Å². The highest BCUT2D eigenvalue weighted by Gasteiger charge is 2.09. The number of hydrogen-bond donors (Lipinski definition) is 1. The van der Waals surface area contributed by atoms with Crippen LogP contribution in [0.5, 0.6) is 0 Å². The van der Waals surface area contributed by atoms with Crippen molar-refractivity contribution in [3.63, 3.8) is 0 Å². The molecule has 0 rings (SSSR count). The van der Waals surface area contributed by atoms with Gasteiger partial charge in [-0.1, -0.05) is 72.6 Å². The summed E-state index contributed by atoms with van der Waals surface area (Å²) in [4.78, 5) is 23.1. The van der Waals surface area contributed by atoms with Crippen molar-refractivity contribution in [3.8, 4) is 0 Å². The van der Waals surface area contributed by atoms with Gasteiger partial charge in [-0.15, -0.1) is 0 Å². The van der Waals surface area contributed by atoms with E-state index in [1.54, 1.807) is 0 Å². The smallest absolute Gasteiger partial charge is 0.313 e. The van der Waals surface area contributed by atoms with E-state index in [-0.39, 0.29) is 11.9 Å². The fraction of sp³-hybridized carbons (Fsp3) is 0.905. The fourth-order valence-electron chi connectivity index (χ4n) is 2.40. The summed E-state index contributed by atoms with van der Waals surface area (Å²) in [5.41, 5.74) is 0. The minimum atomic E-state index is -0.361. The summed E-state index contributed by atoms with van der Waals surface area (Å²) in [6, 6.07) is 0. The molecular formula is C21H43NO3. The predicted molar refractivity (Wildman–Crippen MR) is 107 cm³/mol. The first-order chi connectivity index (χ1) is 12.2. The molecule has 1 N–H and O–H groups in total. The molecule has 0 radical (unpaired) electrons. The van der Waals surface area contributed by atoms with Gasteiger partial charge in [-0.3, -0.25) is 9.59 Å². The van der Waals surface area contributed by atoms with Crippen LogP contribution in [0.2, 0.25) is 0 Å². The average molecular weight is 358 g/mol. The third kappa shape index (κ3) is 23.1. The lowest BCUT2D eigenvalue weighted by molar-refractivity contribution is -0.159. The number of carbonyl (C=O) groups is 2. The SMILES string of the molecule is CC.CCCCCCCCC(=O)OC(=O)CCCCCNCCCC. The molecule has 0 heterocycles. The van der Waals surface area contributed by atoms with Gasteiger partial charge in [0.1, 0.15) is 0 Å². The number of ether oxygens (including phenoxy) is 1. The van der Waals surface area contributed by atoms with E-state index in [0.29, 0.717) is 12.8 Å². The Labute approximate surface area is 156 Å². The van der Waals surface area contributed by atoms with E-state index in [9.17, 15) is 9.59 Å². The Morgan fingerprint density at radius 2 is 1.08 bits per heavy atom. The van der Waals surface area contributed by atoms with Crippen molar-refractivity contribution in [1.82, 2.24) is 5.32 Å². The van der Waals surface area contributed by atoms with Crippen LogP contribution in [-0.2, 0) is 14.3 Å². The van der Waals surface area contributed by atoms with Gasteiger partial charge in [0, 0.05) is 12.8 Å². The Kier molecular flexibility index (Phi) is 24.3. The van der Waals surface area contributed by atoms with E-state index in [1.165, 1.54) is 38.5 Å². The maximum absolute atomic E-state index is 11.5. The van der Waals surface area contributed by atoms with Crippen LogP contribution in [0.1, 0.15) is 111 Å². The van der Waals surface area contributed by atoms with E-state index >= 15 is 0 Å². The molecule has 0 fully saturated rings. The Balaban J connectivity index is 0. The minimum Gasteiger partial charge on any atom is -0.393 e. The highest BCUT2D eigenvalue weighted by molar-refractivity contribution is 5.85. The molecule has 0 aliphatic rings. The Bertz CT molecular complexity index is 293. The molecule has 0 bridgehead atoms. The number of hydrogen-bond acceptors (Lipinski definition) is 4. The number of nitrogens with one attached hydrogen (secondary N) is 1. The maximum Gasteiger partial charge on any atom is 0.313 e. The molecule has 0 aliphatic carbocycles. The Morgan fingerprint density at radius 1 is 0.640 bits per heavy atom. The molecule has 4 heteroatoms. The van der Waals surface area contributed by atoms with Gasteiger partial charge in [0.25, 0.3) is 0 Å². The van der Waals surface area contributed by atoms with Gasteiger partial charge >= 0.3 is 11.9 Å². The van der Waals surface area contributed by atoms with Crippen molar-refractivity contribution >= 4 is 11.9 Å². The van der Waals surface area contributed by atoms with Crippen LogP contribution < -0.4 is 5.32 Å². The number of rotatable bonds is 16. The third-order valence-electron chi connectivity index (χ3n) is 3.90. The first kappa shape index (κ1) is 26.3. The van der Waals surface area contributed by atoms with Crippen molar-refractivity contribution in [1.29, 1.82) is 0 Å². The molecular weight excluding hydrogens is 314 g/mol. The van der Waals surface area contributed by atoms with Crippen LogP contribution in [0.15, 0.2) is 0 Å². The zero-order valence-electron chi connectivity index (χ0n) is 17.3. The van der Waals surface area contributed by atoms with Gasteiger partial charge in [-0.25, -0.2) is 0 Å². The molecule has 0 aromatic heterocycles. The average Bonchev–Trinajstić information content (AvgIpc) is 2.62. The first-order valence-electron chi connectivity index (χ1n) is 10.6. The molecule has 0 atom stereocenters. The quantitative estimate of drug-likeness (QED) is 0.216. The molecule has 0 amide bonds. The van der Waals surface area contributed by atoms with Crippen LogP contribution in [0, 0.1) is 0 Å². The second kappa shape index (κ2) is 23.1. The van der Waals surface area contributed by atoms with Crippen LogP contribution in [-0.4, -0.2) is 25.0 Å². The summed E-state index contributed by atoms with van der Waals surface area (Å²) in [6.45, 7) is 10.4. The Hall–Kier alpha value is -0.900. The summed E-state index contributed by atoms with van der Waals surface area (Å²) in [7, 11) is 0. The summed E-state index contributed by atoms with van der Waals surface area (Å²) in [5, 5.41) is 3.38. The molecule has 0 saturated heterocycles. The van der Waals surface area contributed by atoms with Gasteiger partial charge in [-0.2, -0.15) is 0 Å². The molecule has 0 aromatic rings. The standard InChI is InChI=1S/C19H37NO3.C2H6/c1-3-5-7-8-9-11-14-18(21)23-19(22)15-12-10-13-17-20-16-6-4-2;1-2/h20H,3-17H2,1-2H3;1-2H3. The van der Waals surface area contributed by atoms with Crippen LogP contribution in [0.25, 0.3) is 0 Å². The van der Waals surface area contributed by atoms with E-state index in [2.05, 4.69) is 19.2 Å². The summed E-state index contributed by atoms with van der Waals surface area (Å²) in [6.07, 6.45) is 12.8. The topological polar surface area (TPSA) is 55.4 Å². The number of unbranched alkanes of at least 4 members (excludes halogenated alkanes) is 8. The molecule has 0 aliphatic heterocycles. The second-order valence-corrected chi connectivity index (χ2v) is 6.28. The predicted octanol–water partition coefficient (Wildman–Crippen LogP) is 5.78. The van der Waals surface area contributed by atoms with Gasteiger partial charge < -0.3 is 10.1 Å². The molecule has 4 nitrogen and oxygen atoms in total. The molecule has 0 aromatic carbocycles. The Morgan fingerprint density at radius 3 is 1.64 bits per heavy atom. The van der Waals surface area contributed by atoms with Crippen molar-refractivity contribution in [2.75, 3.05) is 13.1 Å². The zero-order valence-corrected chi connectivity index (χ0v) is 17.3. The largest absolute Gasteiger partial charge is 0.393 e. The molecule has 25 heavy (non-hydrogen) atoms. The molecule has 150 valence electrons. The van der Waals surface area contributed by atoms with Crippen molar-refractivity contribution in [3.05, 3.63) is 0 Å². The lowest BCUT2D eigenvalue weighted by Crippen LogP contribution is -2.16. The third-order valence-corrected chi connectivity index (χ3v) is 3.90. The fourth-order valence-corrected chi connectivity index (χ4v) is 2.40. The number of carbonyl (C=O) groups excluding carboxylic acids is 2. The monoisotopic (exact) mass is 357 g/mol.